The number of unbranched alkanes of at least 4 members (excludes halogenated alkanes) is 2. The lowest BCUT2D eigenvalue weighted by molar-refractivity contribution is -0.140. The Morgan fingerprint density at radius 1 is 0.852 bits per heavy atom. The van der Waals surface area contributed by atoms with Crippen LogP contribution in [0.2, 0.25) is 0 Å². The maximum Gasteiger partial charge on any atom is 0.312 e. The summed E-state index contributed by atoms with van der Waals surface area (Å²) in [4.78, 5) is 21.7. The highest BCUT2D eigenvalue weighted by Gasteiger charge is 2.06. The number of aryl methyl sites for hydroxylation is 1. The molecule has 0 radical (unpaired) electrons. The van der Waals surface area contributed by atoms with E-state index < -0.39 is 18.3 Å². The summed E-state index contributed by atoms with van der Waals surface area (Å²) in [6.45, 7) is 1.13. The van der Waals surface area contributed by atoms with Crippen LogP contribution in [0.1, 0.15) is 36.8 Å². The third kappa shape index (κ3) is 8.90. The highest BCUT2D eigenvalue weighted by molar-refractivity contribution is 5.93. The van der Waals surface area contributed by atoms with Crippen molar-refractivity contribution in [2.75, 3.05) is 13.2 Å². The van der Waals surface area contributed by atoms with Crippen molar-refractivity contribution in [2.45, 2.75) is 38.5 Å². The normalized spacial score (nSPS) is 10.4. The van der Waals surface area contributed by atoms with E-state index in [9.17, 15) is 9.59 Å². The Hall–Kier alpha value is -2.82. The highest BCUT2D eigenvalue weighted by Crippen LogP contribution is 2.13. The van der Waals surface area contributed by atoms with E-state index in [1.165, 1.54) is 12.0 Å². The minimum absolute atomic E-state index is 0.424. The van der Waals surface area contributed by atoms with Crippen molar-refractivity contribution < 1.29 is 19.4 Å². The number of carboxylic acids is 1. The van der Waals surface area contributed by atoms with Crippen molar-refractivity contribution >= 4 is 11.9 Å². The second kappa shape index (κ2) is 11.7. The van der Waals surface area contributed by atoms with E-state index in [-0.39, 0.29) is 0 Å². The van der Waals surface area contributed by atoms with Crippen LogP contribution in [0, 0.1) is 0 Å². The molecule has 2 rings (SSSR count). The topological polar surface area (TPSA) is 75.6 Å². The summed E-state index contributed by atoms with van der Waals surface area (Å²) < 4.78 is 5.76. The maximum absolute atomic E-state index is 11.3. The Morgan fingerprint density at radius 2 is 1.56 bits per heavy atom. The zero-order valence-electron chi connectivity index (χ0n) is 15.5. The van der Waals surface area contributed by atoms with Crippen molar-refractivity contribution in [2.24, 2.45) is 0 Å². The van der Waals surface area contributed by atoms with Gasteiger partial charge in [-0.1, -0.05) is 42.5 Å². The van der Waals surface area contributed by atoms with Crippen LogP contribution in [-0.4, -0.2) is 30.1 Å². The van der Waals surface area contributed by atoms with Gasteiger partial charge in [-0.25, -0.2) is 0 Å². The number of nitrogens with one attached hydrogen (secondary N) is 1. The first-order chi connectivity index (χ1) is 13.1. The molecular weight excluding hydrogens is 342 g/mol. The van der Waals surface area contributed by atoms with Crippen LogP contribution in [0.5, 0.6) is 5.75 Å². The third-order valence-corrected chi connectivity index (χ3v) is 4.19. The Morgan fingerprint density at radius 3 is 2.26 bits per heavy atom. The molecule has 27 heavy (non-hydrogen) atoms. The molecule has 5 nitrogen and oxygen atoms in total. The van der Waals surface area contributed by atoms with Gasteiger partial charge in [0.05, 0.1) is 6.61 Å². The lowest BCUT2D eigenvalue weighted by Gasteiger charge is -2.08. The van der Waals surface area contributed by atoms with Gasteiger partial charge >= 0.3 is 5.97 Å². The molecule has 5 heteroatoms. The molecule has 0 saturated heterocycles. The number of carbonyl (C=O) groups is 2. The number of carboxylic acid groups (broad SMARTS) is 1. The van der Waals surface area contributed by atoms with Gasteiger partial charge in [-0.2, -0.15) is 0 Å². The molecule has 0 aliphatic rings. The highest BCUT2D eigenvalue weighted by atomic mass is 16.5. The number of amides is 1. The first-order valence-electron chi connectivity index (χ1n) is 9.37. The molecule has 144 valence electrons. The van der Waals surface area contributed by atoms with Gasteiger partial charge in [-0.3, -0.25) is 9.59 Å². The van der Waals surface area contributed by atoms with Crippen LogP contribution >= 0.6 is 0 Å². The molecule has 0 aliphatic carbocycles. The maximum atomic E-state index is 11.3. The van der Waals surface area contributed by atoms with Gasteiger partial charge < -0.3 is 15.2 Å². The van der Waals surface area contributed by atoms with Gasteiger partial charge in [0.15, 0.2) is 0 Å². The summed E-state index contributed by atoms with van der Waals surface area (Å²) in [6.07, 6.45) is 4.62. The first-order valence-corrected chi connectivity index (χ1v) is 9.37. The molecule has 0 spiro atoms. The summed E-state index contributed by atoms with van der Waals surface area (Å²) in [6, 6.07) is 18.3. The Bertz CT molecular complexity index is 698. The van der Waals surface area contributed by atoms with E-state index in [0.29, 0.717) is 19.6 Å². The largest absolute Gasteiger partial charge is 0.494 e. The molecular formula is C22H27NO4. The monoisotopic (exact) mass is 369 g/mol. The van der Waals surface area contributed by atoms with Crippen LogP contribution in [0.3, 0.4) is 0 Å². The van der Waals surface area contributed by atoms with E-state index in [0.717, 1.165) is 30.6 Å². The molecule has 0 fully saturated rings. The van der Waals surface area contributed by atoms with E-state index >= 15 is 0 Å². The lowest BCUT2D eigenvalue weighted by Crippen LogP contribution is -2.27. The smallest absolute Gasteiger partial charge is 0.312 e. The molecule has 0 atom stereocenters. The van der Waals surface area contributed by atoms with Crippen LogP contribution in [0.4, 0.5) is 0 Å². The molecule has 0 aromatic heterocycles. The fourth-order valence-electron chi connectivity index (χ4n) is 2.74. The van der Waals surface area contributed by atoms with Crippen LogP contribution in [0.25, 0.3) is 0 Å². The van der Waals surface area contributed by atoms with Crippen molar-refractivity contribution in [3.8, 4) is 5.75 Å². The molecule has 0 bridgehead atoms. The molecule has 2 aromatic rings. The van der Waals surface area contributed by atoms with Crippen molar-refractivity contribution in [3.05, 3.63) is 65.7 Å². The Balaban J connectivity index is 1.56. The summed E-state index contributed by atoms with van der Waals surface area (Å²) in [5.41, 5.74) is 2.45. The quantitative estimate of drug-likeness (QED) is 0.443. The molecule has 0 heterocycles. The van der Waals surface area contributed by atoms with Gasteiger partial charge in [-0.05, 0) is 55.4 Å². The fourth-order valence-corrected chi connectivity index (χ4v) is 2.74. The fraction of sp³-hybridized carbons (Fsp3) is 0.364. The lowest BCUT2D eigenvalue weighted by atomic mass is 10.1. The summed E-state index contributed by atoms with van der Waals surface area (Å²) >= 11 is 0. The minimum Gasteiger partial charge on any atom is -0.494 e. The Kier molecular flexibility index (Phi) is 8.90. The van der Waals surface area contributed by atoms with E-state index in [1.54, 1.807) is 0 Å². The summed E-state index contributed by atoms with van der Waals surface area (Å²) in [7, 11) is 0. The Labute approximate surface area is 160 Å². The predicted molar refractivity (Wildman–Crippen MR) is 105 cm³/mol. The molecule has 0 saturated carbocycles. The number of aliphatic carboxylic acids is 1. The van der Waals surface area contributed by atoms with Gasteiger partial charge in [0, 0.05) is 6.54 Å². The zero-order valence-corrected chi connectivity index (χ0v) is 15.5. The van der Waals surface area contributed by atoms with E-state index in [2.05, 4.69) is 29.6 Å². The number of hydrogen-bond donors (Lipinski definition) is 2. The first kappa shape index (κ1) is 20.5. The van der Waals surface area contributed by atoms with Gasteiger partial charge in [0.25, 0.3) is 0 Å². The standard InChI is InChI=1S/C22H27NO4/c24-21(17-22(25)26)23-15-14-19-10-12-20(13-11-19)27-16-6-2-5-9-18-7-3-1-4-8-18/h1,3-4,7-8,10-13H,2,5-6,9,14-17H2,(H,23,24)(H,25,26). The SMILES string of the molecule is O=C(O)CC(=O)NCCc1ccc(OCCCCCc2ccccc2)cc1. The number of hydrogen-bond acceptors (Lipinski definition) is 3. The predicted octanol–water partition coefficient (Wildman–Crippen LogP) is 3.61. The van der Waals surface area contributed by atoms with Crippen LogP contribution in [0.15, 0.2) is 54.6 Å². The average Bonchev–Trinajstić information content (AvgIpc) is 2.66. The number of benzene rings is 2. The molecule has 1 amide bonds. The van der Waals surface area contributed by atoms with Gasteiger partial charge in [0.2, 0.25) is 5.91 Å². The molecule has 2 N–H and O–H groups in total. The second-order valence-corrected chi connectivity index (χ2v) is 6.46. The van der Waals surface area contributed by atoms with Crippen molar-refractivity contribution in [1.29, 1.82) is 0 Å². The van der Waals surface area contributed by atoms with Crippen LogP contribution in [-0.2, 0) is 22.4 Å². The van der Waals surface area contributed by atoms with Crippen molar-refractivity contribution in [1.82, 2.24) is 5.32 Å². The zero-order chi connectivity index (χ0) is 19.3. The summed E-state index contributed by atoms with van der Waals surface area (Å²) in [5.74, 6) is -0.736. The molecule has 2 aromatic carbocycles. The number of rotatable bonds is 12. The van der Waals surface area contributed by atoms with Gasteiger partial charge in [-0.15, -0.1) is 0 Å². The number of carbonyl (C=O) groups excluding carboxylic acids is 1. The molecule has 0 unspecified atom stereocenters. The molecule has 0 aliphatic heterocycles. The third-order valence-electron chi connectivity index (χ3n) is 4.19. The number of ether oxygens (including phenoxy) is 1. The van der Waals surface area contributed by atoms with Crippen molar-refractivity contribution in [3.63, 3.8) is 0 Å². The van der Waals surface area contributed by atoms with Crippen LogP contribution < -0.4 is 10.1 Å². The van der Waals surface area contributed by atoms with Gasteiger partial charge in [0.1, 0.15) is 12.2 Å². The second-order valence-electron chi connectivity index (χ2n) is 6.46. The summed E-state index contributed by atoms with van der Waals surface area (Å²) in [5, 5.41) is 11.1. The average molecular weight is 369 g/mol. The van der Waals surface area contributed by atoms with E-state index in [4.69, 9.17) is 9.84 Å². The minimum atomic E-state index is -1.12. The van der Waals surface area contributed by atoms with E-state index in [1.807, 2.05) is 30.3 Å².